The van der Waals surface area contributed by atoms with Gasteiger partial charge in [0.05, 0.1) is 12.2 Å². The molecule has 1 fully saturated rings. The number of anilines is 1. The number of hydrogen-bond acceptors (Lipinski definition) is 7. The van der Waals surface area contributed by atoms with Gasteiger partial charge in [-0.15, -0.1) is 0 Å². The van der Waals surface area contributed by atoms with Gasteiger partial charge in [0, 0.05) is 32.4 Å². The van der Waals surface area contributed by atoms with E-state index in [0.29, 0.717) is 29.4 Å². The van der Waals surface area contributed by atoms with E-state index >= 15 is 0 Å². The number of para-hydroxylation sites is 1. The summed E-state index contributed by atoms with van der Waals surface area (Å²) in [5, 5.41) is 10.1. The number of esters is 1. The Bertz CT molecular complexity index is 758. The molecule has 7 nitrogen and oxygen atoms in total. The van der Waals surface area contributed by atoms with Gasteiger partial charge in [0.25, 0.3) is 0 Å². The fourth-order valence-corrected chi connectivity index (χ4v) is 2.78. The molecule has 0 saturated carbocycles. The number of aromatic nitrogens is 2. The summed E-state index contributed by atoms with van der Waals surface area (Å²) in [5.74, 6) is 0.621. The Morgan fingerprint density at radius 1 is 1.24 bits per heavy atom. The normalized spacial score (nSPS) is 15.2. The second-order valence-electron chi connectivity index (χ2n) is 5.96. The van der Waals surface area contributed by atoms with Crippen molar-refractivity contribution in [3.8, 4) is 17.1 Å². The first kappa shape index (κ1) is 17.2. The highest BCUT2D eigenvalue weighted by Crippen LogP contribution is 2.29. The zero-order valence-corrected chi connectivity index (χ0v) is 14.5. The Kier molecular flexibility index (Phi) is 5.14. The number of carbonyl (C=O) groups excluding carboxylic acids is 1. The van der Waals surface area contributed by atoms with Crippen LogP contribution in [-0.2, 0) is 4.74 Å². The summed E-state index contributed by atoms with van der Waals surface area (Å²) in [5.41, 5.74) is 0.888. The van der Waals surface area contributed by atoms with Crippen LogP contribution in [0.2, 0.25) is 0 Å². The number of rotatable bonds is 4. The largest absolute Gasteiger partial charge is 0.507 e. The van der Waals surface area contributed by atoms with E-state index in [1.807, 2.05) is 6.07 Å². The van der Waals surface area contributed by atoms with Crippen molar-refractivity contribution in [1.29, 1.82) is 0 Å². The lowest BCUT2D eigenvalue weighted by molar-refractivity contribution is 0.0526. The van der Waals surface area contributed by atoms with Crippen LogP contribution in [-0.4, -0.2) is 65.8 Å². The summed E-state index contributed by atoms with van der Waals surface area (Å²) in [6.07, 6.45) is 1.49. The molecule has 0 unspecified atom stereocenters. The van der Waals surface area contributed by atoms with Crippen molar-refractivity contribution >= 4 is 11.8 Å². The summed E-state index contributed by atoms with van der Waals surface area (Å²) in [7, 11) is 2.07. The highest BCUT2D eigenvalue weighted by Gasteiger charge is 2.24. The van der Waals surface area contributed by atoms with Gasteiger partial charge in [-0.3, -0.25) is 0 Å². The maximum absolute atomic E-state index is 12.3. The SMILES string of the molecule is CCOC(=O)c1cnc(-c2ccccc2O)nc1N1CCN(C)CC1. The summed E-state index contributed by atoms with van der Waals surface area (Å²) in [6, 6.07) is 6.90. The lowest BCUT2D eigenvalue weighted by atomic mass is 10.1. The van der Waals surface area contributed by atoms with Gasteiger partial charge in [0.1, 0.15) is 17.1 Å². The van der Waals surface area contributed by atoms with E-state index in [4.69, 9.17) is 4.74 Å². The van der Waals surface area contributed by atoms with E-state index < -0.39 is 5.97 Å². The highest BCUT2D eigenvalue weighted by atomic mass is 16.5. The average molecular weight is 342 g/mol. The molecule has 0 radical (unpaired) electrons. The highest BCUT2D eigenvalue weighted by molar-refractivity contribution is 5.95. The minimum Gasteiger partial charge on any atom is -0.507 e. The number of aromatic hydroxyl groups is 1. The van der Waals surface area contributed by atoms with Gasteiger partial charge in [-0.2, -0.15) is 0 Å². The Balaban J connectivity index is 2.02. The molecule has 1 N–H and O–H groups in total. The van der Waals surface area contributed by atoms with Gasteiger partial charge < -0.3 is 19.6 Å². The van der Waals surface area contributed by atoms with Crippen molar-refractivity contribution in [2.75, 3.05) is 44.7 Å². The van der Waals surface area contributed by atoms with Crippen LogP contribution in [0.1, 0.15) is 17.3 Å². The Hall–Kier alpha value is -2.67. The van der Waals surface area contributed by atoms with Crippen LogP contribution < -0.4 is 4.90 Å². The number of hydrogen-bond donors (Lipinski definition) is 1. The van der Waals surface area contributed by atoms with Gasteiger partial charge in [0.2, 0.25) is 0 Å². The van der Waals surface area contributed by atoms with Crippen molar-refractivity contribution in [2.24, 2.45) is 0 Å². The number of nitrogens with zero attached hydrogens (tertiary/aromatic N) is 4. The molecule has 0 aliphatic carbocycles. The Labute approximate surface area is 146 Å². The van der Waals surface area contributed by atoms with Crippen LogP contribution in [0.5, 0.6) is 5.75 Å². The number of ether oxygens (including phenoxy) is 1. The number of carbonyl (C=O) groups is 1. The van der Waals surface area contributed by atoms with Crippen LogP contribution in [0.4, 0.5) is 5.82 Å². The molecule has 2 heterocycles. The molecular formula is C18H22N4O3. The van der Waals surface area contributed by atoms with Crippen molar-refractivity contribution in [3.63, 3.8) is 0 Å². The van der Waals surface area contributed by atoms with E-state index in [1.165, 1.54) is 6.20 Å². The Morgan fingerprint density at radius 3 is 2.64 bits per heavy atom. The Morgan fingerprint density at radius 2 is 1.96 bits per heavy atom. The summed E-state index contributed by atoms with van der Waals surface area (Å²) in [6.45, 7) is 5.36. The maximum atomic E-state index is 12.3. The topological polar surface area (TPSA) is 78.8 Å². The van der Waals surface area contributed by atoms with E-state index in [9.17, 15) is 9.90 Å². The molecule has 1 aliphatic rings. The molecule has 0 spiro atoms. The van der Waals surface area contributed by atoms with Crippen LogP contribution >= 0.6 is 0 Å². The minimum absolute atomic E-state index is 0.107. The quantitative estimate of drug-likeness (QED) is 0.849. The van der Waals surface area contributed by atoms with Crippen LogP contribution in [0.15, 0.2) is 30.5 Å². The van der Waals surface area contributed by atoms with Crippen molar-refractivity contribution in [1.82, 2.24) is 14.9 Å². The molecular weight excluding hydrogens is 320 g/mol. The molecule has 0 bridgehead atoms. The third-order valence-electron chi connectivity index (χ3n) is 4.21. The van der Waals surface area contributed by atoms with E-state index in [-0.39, 0.29) is 5.75 Å². The van der Waals surface area contributed by atoms with Crippen molar-refractivity contribution in [3.05, 3.63) is 36.0 Å². The third-order valence-corrected chi connectivity index (χ3v) is 4.21. The molecule has 1 aromatic heterocycles. The molecule has 25 heavy (non-hydrogen) atoms. The lowest BCUT2D eigenvalue weighted by Crippen LogP contribution is -2.45. The molecule has 3 rings (SSSR count). The van der Waals surface area contributed by atoms with Crippen LogP contribution in [0, 0.1) is 0 Å². The molecule has 1 saturated heterocycles. The smallest absolute Gasteiger partial charge is 0.343 e. The first-order chi connectivity index (χ1) is 12.1. The second kappa shape index (κ2) is 7.48. The van der Waals surface area contributed by atoms with Crippen LogP contribution in [0.25, 0.3) is 11.4 Å². The summed E-state index contributed by atoms with van der Waals surface area (Å²) >= 11 is 0. The predicted molar refractivity (Wildman–Crippen MR) is 94.8 cm³/mol. The van der Waals surface area contributed by atoms with E-state index in [0.717, 1.165) is 26.2 Å². The molecule has 2 aromatic rings. The average Bonchev–Trinajstić information content (AvgIpc) is 2.62. The lowest BCUT2D eigenvalue weighted by Gasteiger charge is -2.34. The molecule has 1 aliphatic heterocycles. The van der Waals surface area contributed by atoms with E-state index in [2.05, 4.69) is 26.8 Å². The maximum Gasteiger partial charge on any atom is 0.343 e. The number of benzene rings is 1. The monoisotopic (exact) mass is 342 g/mol. The fraction of sp³-hybridized carbons (Fsp3) is 0.389. The molecule has 1 aromatic carbocycles. The standard InChI is InChI=1S/C18H22N4O3/c1-3-25-18(24)14-12-19-16(13-6-4-5-7-15(13)23)20-17(14)22-10-8-21(2)9-11-22/h4-7,12,23H,3,8-11H2,1-2H3. The van der Waals surface area contributed by atoms with Gasteiger partial charge in [-0.1, -0.05) is 12.1 Å². The number of phenolic OH excluding ortho intramolecular Hbond substituents is 1. The number of phenols is 1. The minimum atomic E-state index is -0.430. The van der Waals surface area contributed by atoms with Crippen LogP contribution in [0.3, 0.4) is 0 Å². The third kappa shape index (κ3) is 3.71. The summed E-state index contributed by atoms with van der Waals surface area (Å²) < 4.78 is 5.14. The number of piperazine rings is 1. The zero-order valence-electron chi connectivity index (χ0n) is 14.5. The molecule has 0 atom stereocenters. The zero-order chi connectivity index (χ0) is 17.8. The van der Waals surface area contributed by atoms with Gasteiger partial charge >= 0.3 is 5.97 Å². The predicted octanol–water partition coefficient (Wildman–Crippen LogP) is 1.78. The van der Waals surface area contributed by atoms with Gasteiger partial charge in [0.15, 0.2) is 5.82 Å². The first-order valence-corrected chi connectivity index (χ1v) is 8.36. The number of likely N-dealkylation sites (N-methyl/N-ethyl adjacent to an activating group) is 1. The second-order valence-corrected chi connectivity index (χ2v) is 5.96. The summed E-state index contributed by atoms with van der Waals surface area (Å²) in [4.78, 5) is 25.5. The van der Waals surface area contributed by atoms with Gasteiger partial charge in [-0.25, -0.2) is 14.8 Å². The fourth-order valence-electron chi connectivity index (χ4n) is 2.78. The molecule has 0 amide bonds. The first-order valence-electron chi connectivity index (χ1n) is 8.36. The van der Waals surface area contributed by atoms with Crippen molar-refractivity contribution < 1.29 is 14.6 Å². The molecule has 7 heteroatoms. The van der Waals surface area contributed by atoms with Gasteiger partial charge in [-0.05, 0) is 26.1 Å². The van der Waals surface area contributed by atoms with Crippen molar-refractivity contribution in [2.45, 2.75) is 6.92 Å². The van der Waals surface area contributed by atoms with E-state index in [1.54, 1.807) is 25.1 Å². The molecule has 132 valence electrons.